The number of benzene rings is 2. The molecule has 0 bridgehead atoms. The molecule has 0 saturated carbocycles. The van der Waals surface area contributed by atoms with Crippen LogP contribution in [0.25, 0.3) is 15.7 Å². The van der Waals surface area contributed by atoms with Gasteiger partial charge in [-0.25, -0.2) is 0 Å². The first-order valence-electron chi connectivity index (χ1n) is 15.2. The van der Waals surface area contributed by atoms with Crippen molar-refractivity contribution < 1.29 is 24.2 Å². The highest BCUT2D eigenvalue weighted by Crippen LogP contribution is 2.40. The highest BCUT2D eigenvalue weighted by atomic mass is 32.1. The zero-order chi connectivity index (χ0) is 30.0. The third kappa shape index (κ3) is 8.69. The maximum Gasteiger partial charge on any atom is 0.321 e. The van der Waals surface area contributed by atoms with Gasteiger partial charge < -0.3 is 25.6 Å². The van der Waals surface area contributed by atoms with Gasteiger partial charge in [-0.2, -0.15) is 0 Å². The smallest absolute Gasteiger partial charge is 0.321 e. The topological polar surface area (TPSA) is 114 Å². The van der Waals surface area contributed by atoms with Gasteiger partial charge in [0, 0.05) is 29.1 Å². The Kier molecular flexibility index (Phi) is 10.9. The second-order valence-electron chi connectivity index (χ2n) is 11.1. The first-order chi connectivity index (χ1) is 21.0. The van der Waals surface area contributed by atoms with Crippen molar-refractivity contribution >= 4 is 38.9 Å². The number of aliphatic carboxylic acids is 1. The number of hydrogen-bond acceptors (Lipinski definition) is 7. The van der Waals surface area contributed by atoms with Crippen LogP contribution in [-0.4, -0.2) is 67.3 Å². The average molecular weight is 604 g/mol. The molecule has 5 rings (SSSR count). The minimum atomic E-state index is -1.18. The summed E-state index contributed by atoms with van der Waals surface area (Å²) in [5.41, 5.74) is 9.36. The Morgan fingerprint density at radius 3 is 2.53 bits per heavy atom. The molecule has 4 N–H and O–H groups in total. The maximum absolute atomic E-state index is 11.8. The fourth-order valence-corrected chi connectivity index (χ4v) is 6.80. The quantitative estimate of drug-likeness (QED) is 0.201. The Labute approximate surface area is 257 Å². The van der Waals surface area contributed by atoms with Crippen LogP contribution in [0.15, 0.2) is 66.4 Å². The zero-order valence-electron chi connectivity index (χ0n) is 24.6. The van der Waals surface area contributed by atoms with E-state index in [1.807, 2.05) is 11.3 Å². The van der Waals surface area contributed by atoms with E-state index in [0.29, 0.717) is 19.6 Å². The summed E-state index contributed by atoms with van der Waals surface area (Å²) in [6.07, 6.45) is 9.83. The van der Waals surface area contributed by atoms with Crippen molar-refractivity contribution in [2.75, 3.05) is 39.4 Å². The molecule has 2 aromatic carbocycles. The molecule has 0 spiro atoms. The molecule has 1 saturated heterocycles. The molecule has 3 aromatic rings. The summed E-state index contributed by atoms with van der Waals surface area (Å²) < 4.78 is 13.3. The summed E-state index contributed by atoms with van der Waals surface area (Å²) in [6.45, 7) is 4.99. The van der Waals surface area contributed by atoms with Crippen LogP contribution in [0.5, 0.6) is 5.75 Å². The molecule has 9 heteroatoms. The SMILES string of the molecule is N[C@@H](CC(=O)NCCCOC1=CC=C(c2sc3ccccc3c2Cc2ccc(OCCN3CCCC3)cc2)CC1)C(=O)O. The highest BCUT2D eigenvalue weighted by Gasteiger charge is 2.19. The third-order valence-electron chi connectivity index (χ3n) is 7.93. The summed E-state index contributed by atoms with van der Waals surface area (Å²) in [6, 6.07) is 16.0. The van der Waals surface area contributed by atoms with Gasteiger partial charge in [-0.1, -0.05) is 36.4 Å². The van der Waals surface area contributed by atoms with Crippen LogP contribution >= 0.6 is 11.3 Å². The number of fused-ring (bicyclic) bond motifs is 1. The number of nitrogens with one attached hydrogen (secondary N) is 1. The van der Waals surface area contributed by atoms with Crippen molar-refractivity contribution in [2.45, 2.75) is 51.0 Å². The minimum Gasteiger partial charge on any atom is -0.498 e. The number of carbonyl (C=O) groups excluding carboxylic acids is 1. The van der Waals surface area contributed by atoms with Crippen molar-refractivity contribution in [2.24, 2.45) is 5.73 Å². The molecule has 2 heterocycles. The lowest BCUT2D eigenvalue weighted by Gasteiger charge is -2.17. The minimum absolute atomic E-state index is 0.229. The number of hydrogen-bond donors (Lipinski definition) is 3. The normalized spacial score (nSPS) is 16.0. The van der Waals surface area contributed by atoms with Gasteiger partial charge in [-0.05, 0) is 91.6 Å². The lowest BCUT2D eigenvalue weighted by atomic mass is 9.95. The lowest BCUT2D eigenvalue weighted by Crippen LogP contribution is -2.37. The fourth-order valence-electron chi connectivity index (χ4n) is 5.53. The third-order valence-corrected chi connectivity index (χ3v) is 9.22. The number of likely N-dealkylation sites (tertiary alicyclic amines) is 1. The largest absolute Gasteiger partial charge is 0.498 e. The Balaban J connectivity index is 1.16. The molecule has 1 aliphatic heterocycles. The van der Waals surface area contributed by atoms with Gasteiger partial charge in [0.15, 0.2) is 0 Å². The van der Waals surface area contributed by atoms with Crippen LogP contribution in [-0.2, 0) is 20.7 Å². The Bertz CT molecular complexity index is 1460. The van der Waals surface area contributed by atoms with E-state index in [9.17, 15) is 9.59 Å². The van der Waals surface area contributed by atoms with Crippen LogP contribution in [0.4, 0.5) is 0 Å². The first kappa shape index (κ1) is 30.8. The van der Waals surface area contributed by atoms with E-state index >= 15 is 0 Å². The van der Waals surface area contributed by atoms with Crippen molar-refractivity contribution in [3.63, 3.8) is 0 Å². The van der Waals surface area contributed by atoms with Crippen molar-refractivity contribution in [1.29, 1.82) is 0 Å². The molecule has 2 aliphatic rings. The Morgan fingerprint density at radius 1 is 1.00 bits per heavy atom. The van der Waals surface area contributed by atoms with Gasteiger partial charge in [0.25, 0.3) is 0 Å². The van der Waals surface area contributed by atoms with E-state index < -0.39 is 12.0 Å². The summed E-state index contributed by atoms with van der Waals surface area (Å²) in [4.78, 5) is 26.4. The van der Waals surface area contributed by atoms with E-state index in [-0.39, 0.29) is 12.3 Å². The molecule has 1 atom stereocenters. The van der Waals surface area contributed by atoms with Crippen LogP contribution in [0.2, 0.25) is 0 Å². The van der Waals surface area contributed by atoms with Gasteiger partial charge in [0.05, 0.1) is 18.8 Å². The first-order valence-corrected chi connectivity index (χ1v) is 16.0. The number of carboxylic acids is 1. The fraction of sp³-hybridized carbons (Fsp3) is 0.412. The molecule has 0 unspecified atom stereocenters. The predicted molar refractivity (Wildman–Crippen MR) is 171 cm³/mol. The van der Waals surface area contributed by atoms with E-state index in [1.54, 1.807) is 0 Å². The molecule has 8 nitrogen and oxygen atoms in total. The van der Waals surface area contributed by atoms with Crippen LogP contribution in [0, 0.1) is 0 Å². The summed E-state index contributed by atoms with van der Waals surface area (Å²) in [5, 5.41) is 12.8. The molecular formula is C34H41N3O5S. The number of allylic oxidation sites excluding steroid dienone is 4. The van der Waals surface area contributed by atoms with E-state index in [0.717, 1.165) is 43.9 Å². The molecule has 1 amide bonds. The average Bonchev–Trinajstić information content (AvgIpc) is 3.66. The highest BCUT2D eigenvalue weighted by molar-refractivity contribution is 7.20. The summed E-state index contributed by atoms with van der Waals surface area (Å²) >= 11 is 1.86. The monoisotopic (exact) mass is 603 g/mol. The number of thiophene rings is 1. The maximum atomic E-state index is 11.8. The number of nitrogens with zero attached hydrogens (tertiary/aromatic N) is 1. The second kappa shape index (κ2) is 15.2. The molecule has 1 aromatic heterocycles. The van der Waals surface area contributed by atoms with Crippen LogP contribution in [0.3, 0.4) is 0 Å². The van der Waals surface area contributed by atoms with Gasteiger partial charge in [-0.15, -0.1) is 11.3 Å². The van der Waals surface area contributed by atoms with E-state index in [4.69, 9.17) is 20.3 Å². The van der Waals surface area contributed by atoms with Crippen LogP contribution < -0.4 is 15.8 Å². The number of amides is 1. The Morgan fingerprint density at radius 2 is 1.79 bits per heavy atom. The molecule has 1 aliphatic carbocycles. The number of ether oxygens (including phenoxy) is 2. The lowest BCUT2D eigenvalue weighted by molar-refractivity contribution is -0.140. The number of nitrogens with two attached hydrogens (primary N) is 1. The molecule has 1 fully saturated rings. The summed E-state index contributed by atoms with van der Waals surface area (Å²) in [5.74, 6) is 0.318. The van der Waals surface area contributed by atoms with Crippen molar-refractivity contribution in [3.05, 3.63) is 82.4 Å². The van der Waals surface area contributed by atoms with Crippen LogP contribution in [0.1, 0.15) is 54.5 Å². The standard InChI is InChI=1S/C34H41N3O5S/c35-30(34(39)40)23-32(38)36-16-5-20-41-27-14-10-25(11-15-27)33-29(28-6-1-2-7-31(28)43-33)22-24-8-12-26(13-9-24)42-21-19-37-17-3-4-18-37/h1-2,6-10,12-14,30H,3-5,11,15-23,35H2,(H,36,38)(H,39,40)/t30-/m0/s1. The van der Waals surface area contributed by atoms with Gasteiger partial charge in [0.1, 0.15) is 18.4 Å². The van der Waals surface area contributed by atoms with Crippen molar-refractivity contribution in [1.82, 2.24) is 10.2 Å². The summed E-state index contributed by atoms with van der Waals surface area (Å²) in [7, 11) is 0. The van der Waals surface area contributed by atoms with E-state index in [2.05, 4.69) is 70.9 Å². The molecular weight excluding hydrogens is 562 g/mol. The molecule has 0 radical (unpaired) electrons. The van der Waals surface area contributed by atoms with Crippen molar-refractivity contribution in [3.8, 4) is 5.75 Å². The number of carbonyl (C=O) groups is 2. The number of carboxylic acid groups (broad SMARTS) is 1. The Hall–Kier alpha value is -3.66. The van der Waals surface area contributed by atoms with E-state index in [1.165, 1.54) is 57.6 Å². The predicted octanol–water partition coefficient (Wildman–Crippen LogP) is 5.35. The zero-order valence-corrected chi connectivity index (χ0v) is 25.4. The molecule has 43 heavy (non-hydrogen) atoms. The van der Waals surface area contributed by atoms with Gasteiger partial charge >= 0.3 is 5.97 Å². The van der Waals surface area contributed by atoms with Gasteiger partial charge in [0.2, 0.25) is 5.91 Å². The molecule has 228 valence electrons. The second-order valence-corrected chi connectivity index (χ2v) is 12.2. The number of rotatable bonds is 15. The van der Waals surface area contributed by atoms with Gasteiger partial charge in [-0.3, -0.25) is 14.5 Å².